The van der Waals surface area contributed by atoms with Crippen molar-refractivity contribution in [2.24, 2.45) is 0 Å². The van der Waals surface area contributed by atoms with Crippen molar-refractivity contribution in [3.63, 3.8) is 0 Å². The molecule has 0 atom stereocenters. The van der Waals surface area contributed by atoms with Gasteiger partial charge in [-0.1, -0.05) is 66.7 Å². The van der Waals surface area contributed by atoms with Crippen LogP contribution in [0.25, 0.3) is 93.3 Å². The van der Waals surface area contributed by atoms with E-state index >= 15 is 0 Å². The number of nitrogens with zero attached hydrogens (tertiary/aromatic N) is 5. The fraction of sp³-hybridized carbons (Fsp3) is 0. The molecule has 0 radical (unpaired) electrons. The van der Waals surface area contributed by atoms with Crippen molar-refractivity contribution < 1.29 is 0 Å². The van der Waals surface area contributed by atoms with Crippen LogP contribution in [0.3, 0.4) is 0 Å². The minimum absolute atomic E-state index is 0.962. The third kappa shape index (κ3) is 3.27. The van der Waals surface area contributed by atoms with E-state index in [-0.39, 0.29) is 0 Å². The molecule has 0 spiro atoms. The Balaban J connectivity index is 1.38. The second kappa shape index (κ2) is 9.05. The third-order valence-corrected chi connectivity index (χ3v) is 9.86. The van der Waals surface area contributed by atoms with Crippen LogP contribution in [-0.4, -0.2) is 23.5 Å². The van der Waals surface area contributed by atoms with E-state index in [1.807, 2.05) is 12.4 Å². The highest BCUT2D eigenvalue weighted by Crippen LogP contribution is 2.42. The SMILES string of the molecule is c1ccc(-n2c3ccccc3c3cc4c5cc6c(cc5n(-c5ccccc5)c4cc32)c2cnccc2n2c3ccccc3nc62)cc1. The van der Waals surface area contributed by atoms with Crippen LogP contribution in [-0.2, 0) is 0 Å². The summed E-state index contributed by atoms with van der Waals surface area (Å²) in [5, 5.41) is 8.27. The van der Waals surface area contributed by atoms with Crippen LogP contribution in [0.4, 0.5) is 0 Å². The number of para-hydroxylation sites is 5. The molecular weight excluding hydrogens is 574 g/mol. The lowest BCUT2D eigenvalue weighted by molar-refractivity contribution is 1.17. The van der Waals surface area contributed by atoms with Gasteiger partial charge in [0.1, 0.15) is 5.65 Å². The number of benzene rings is 6. The molecule has 5 nitrogen and oxygen atoms in total. The molecule has 0 saturated carbocycles. The molecule has 5 heteroatoms. The number of hydrogen-bond donors (Lipinski definition) is 0. The molecule has 0 saturated heterocycles. The molecular formula is C42H25N5. The average Bonchev–Trinajstić information content (AvgIpc) is 3.78. The van der Waals surface area contributed by atoms with Gasteiger partial charge in [-0.25, -0.2) is 4.98 Å². The van der Waals surface area contributed by atoms with E-state index in [0.29, 0.717) is 0 Å². The van der Waals surface area contributed by atoms with Gasteiger partial charge in [-0.3, -0.25) is 9.38 Å². The number of aromatic nitrogens is 5. The van der Waals surface area contributed by atoms with Gasteiger partial charge in [-0.05, 0) is 78.2 Å². The Kier molecular flexibility index (Phi) is 4.78. The second-order valence-corrected chi connectivity index (χ2v) is 12.3. The van der Waals surface area contributed by atoms with Crippen molar-refractivity contribution in [1.82, 2.24) is 23.5 Å². The highest BCUT2D eigenvalue weighted by Gasteiger charge is 2.21. The fourth-order valence-electron chi connectivity index (χ4n) is 7.88. The van der Waals surface area contributed by atoms with E-state index in [2.05, 4.69) is 158 Å². The van der Waals surface area contributed by atoms with Crippen molar-refractivity contribution >= 4 is 82.0 Å². The zero-order valence-electron chi connectivity index (χ0n) is 25.2. The number of imidazole rings is 1. The highest BCUT2D eigenvalue weighted by atomic mass is 15.0. The molecule has 0 fully saturated rings. The maximum atomic E-state index is 5.21. The van der Waals surface area contributed by atoms with E-state index < -0.39 is 0 Å². The maximum Gasteiger partial charge on any atom is 0.146 e. The van der Waals surface area contributed by atoms with Gasteiger partial charge in [0.2, 0.25) is 0 Å². The molecule has 0 aliphatic heterocycles. The summed E-state index contributed by atoms with van der Waals surface area (Å²) >= 11 is 0. The topological polar surface area (TPSA) is 40.0 Å². The van der Waals surface area contributed by atoms with Gasteiger partial charge in [-0.15, -0.1) is 0 Å². The Hall–Kier alpha value is -6.46. The van der Waals surface area contributed by atoms with E-state index in [1.54, 1.807) is 0 Å². The fourth-order valence-corrected chi connectivity index (χ4v) is 7.88. The summed E-state index contributed by atoms with van der Waals surface area (Å²) < 4.78 is 7.11. The van der Waals surface area contributed by atoms with Crippen molar-refractivity contribution in [3.8, 4) is 11.4 Å². The molecule has 218 valence electrons. The quantitative estimate of drug-likeness (QED) is 0.186. The summed E-state index contributed by atoms with van der Waals surface area (Å²) in [5.41, 5.74) is 11.1. The summed E-state index contributed by atoms with van der Waals surface area (Å²) in [6, 6.07) is 50.1. The van der Waals surface area contributed by atoms with Crippen LogP contribution < -0.4 is 0 Å². The largest absolute Gasteiger partial charge is 0.309 e. The number of hydrogen-bond acceptors (Lipinski definition) is 2. The average molecular weight is 600 g/mol. The van der Waals surface area contributed by atoms with E-state index in [0.717, 1.165) is 55.2 Å². The minimum atomic E-state index is 0.962. The van der Waals surface area contributed by atoms with Gasteiger partial charge >= 0.3 is 0 Å². The monoisotopic (exact) mass is 599 g/mol. The first-order chi connectivity index (χ1) is 23.3. The van der Waals surface area contributed by atoms with Crippen LogP contribution >= 0.6 is 0 Å². The lowest BCUT2D eigenvalue weighted by Gasteiger charge is -2.11. The first-order valence-corrected chi connectivity index (χ1v) is 15.9. The van der Waals surface area contributed by atoms with Crippen LogP contribution in [0.15, 0.2) is 152 Å². The van der Waals surface area contributed by atoms with Crippen molar-refractivity contribution in [2.75, 3.05) is 0 Å². The van der Waals surface area contributed by atoms with Gasteiger partial charge in [0.25, 0.3) is 0 Å². The first kappa shape index (κ1) is 24.8. The zero-order valence-corrected chi connectivity index (χ0v) is 25.2. The van der Waals surface area contributed by atoms with Crippen LogP contribution in [0, 0.1) is 0 Å². The van der Waals surface area contributed by atoms with Crippen molar-refractivity contribution in [3.05, 3.63) is 152 Å². The molecule has 11 aromatic rings. The van der Waals surface area contributed by atoms with Gasteiger partial charge in [-0.2, -0.15) is 0 Å². The third-order valence-electron chi connectivity index (χ3n) is 9.86. The van der Waals surface area contributed by atoms with E-state index in [1.165, 1.54) is 38.1 Å². The van der Waals surface area contributed by atoms with Crippen molar-refractivity contribution in [2.45, 2.75) is 0 Å². The standard InChI is InChI=1S/C42H25N5/c1-3-11-26(12-4-1)45-36-17-9-7-15-28(36)30-21-31-32-22-33-29(23-39(32)46(41(31)24-40(30)45)27-13-5-2-6-14-27)34-25-43-20-19-37(34)47-38-18-10-8-16-35(38)44-42(33)47/h1-25H. The smallest absolute Gasteiger partial charge is 0.146 e. The van der Waals surface area contributed by atoms with Crippen LogP contribution in [0.2, 0.25) is 0 Å². The molecule has 6 aromatic carbocycles. The van der Waals surface area contributed by atoms with Gasteiger partial charge in [0, 0.05) is 56.1 Å². The number of pyridine rings is 2. The number of fused-ring (bicyclic) bond motifs is 14. The van der Waals surface area contributed by atoms with E-state index in [9.17, 15) is 0 Å². The molecule has 0 aliphatic rings. The summed E-state index contributed by atoms with van der Waals surface area (Å²) in [5.74, 6) is 0. The van der Waals surface area contributed by atoms with E-state index in [4.69, 9.17) is 4.98 Å². The van der Waals surface area contributed by atoms with Crippen LogP contribution in [0.1, 0.15) is 0 Å². The zero-order chi connectivity index (χ0) is 30.6. The van der Waals surface area contributed by atoms with Gasteiger partial charge in [0.05, 0.1) is 38.6 Å². The maximum absolute atomic E-state index is 5.21. The summed E-state index contributed by atoms with van der Waals surface area (Å²) in [6.07, 6.45) is 3.87. The predicted octanol–water partition coefficient (Wildman–Crippen LogP) is 10.4. The minimum Gasteiger partial charge on any atom is -0.309 e. The van der Waals surface area contributed by atoms with Crippen LogP contribution in [0.5, 0.6) is 0 Å². The molecule has 0 unspecified atom stereocenters. The first-order valence-electron chi connectivity index (χ1n) is 15.9. The molecule has 47 heavy (non-hydrogen) atoms. The molecule has 5 aromatic heterocycles. The normalized spacial score (nSPS) is 12.3. The second-order valence-electron chi connectivity index (χ2n) is 12.3. The predicted molar refractivity (Wildman–Crippen MR) is 194 cm³/mol. The van der Waals surface area contributed by atoms with Gasteiger partial charge in [0.15, 0.2) is 0 Å². The van der Waals surface area contributed by atoms with Gasteiger partial charge < -0.3 is 9.13 Å². The molecule has 11 rings (SSSR count). The Labute approximate surface area is 268 Å². The highest BCUT2D eigenvalue weighted by molar-refractivity contribution is 6.24. The summed E-state index contributed by atoms with van der Waals surface area (Å²) in [4.78, 5) is 9.80. The Bertz CT molecular complexity index is 3060. The molecule has 0 aliphatic carbocycles. The summed E-state index contributed by atoms with van der Waals surface area (Å²) in [6.45, 7) is 0. The Morgan fingerprint density at radius 1 is 0.383 bits per heavy atom. The molecule has 0 N–H and O–H groups in total. The molecule has 0 amide bonds. The lowest BCUT2D eigenvalue weighted by Crippen LogP contribution is -1.96. The lowest BCUT2D eigenvalue weighted by atomic mass is 10.0. The molecule has 0 bridgehead atoms. The number of rotatable bonds is 2. The molecule has 5 heterocycles. The van der Waals surface area contributed by atoms with Crippen molar-refractivity contribution in [1.29, 1.82) is 0 Å². The Morgan fingerprint density at radius 3 is 1.74 bits per heavy atom. The summed E-state index contributed by atoms with van der Waals surface area (Å²) in [7, 11) is 0. The Morgan fingerprint density at radius 2 is 0.979 bits per heavy atom.